The maximum Gasteiger partial charge on any atom is 0.326 e. The van der Waals surface area contributed by atoms with Crippen LogP contribution in [0.3, 0.4) is 0 Å². The summed E-state index contributed by atoms with van der Waals surface area (Å²) in [4.78, 5) is 30.4. The molecule has 2 atom stereocenters. The summed E-state index contributed by atoms with van der Waals surface area (Å²) in [6.07, 6.45) is 5.43. The quantitative estimate of drug-likeness (QED) is 0.567. The third kappa shape index (κ3) is 3.98. The average molecular weight is 417 g/mol. The van der Waals surface area contributed by atoms with Gasteiger partial charge in [-0.3, -0.25) is 14.2 Å². The summed E-state index contributed by atoms with van der Waals surface area (Å²) in [7, 11) is 0. The van der Waals surface area contributed by atoms with Crippen LogP contribution in [-0.2, 0) is 16.1 Å². The van der Waals surface area contributed by atoms with E-state index in [4.69, 9.17) is 16.3 Å². The Hall–Kier alpha value is -2.18. The van der Waals surface area contributed by atoms with Crippen molar-refractivity contribution in [3.8, 4) is 11.1 Å². The van der Waals surface area contributed by atoms with Gasteiger partial charge in [0.1, 0.15) is 17.5 Å². The minimum atomic E-state index is -0.384. The van der Waals surface area contributed by atoms with Crippen LogP contribution in [0.15, 0.2) is 40.8 Å². The molecule has 7 heteroatoms. The monoisotopic (exact) mass is 416 g/mol. The van der Waals surface area contributed by atoms with E-state index in [1.807, 2.05) is 17.5 Å². The summed E-state index contributed by atoms with van der Waals surface area (Å²) < 4.78 is 6.94. The highest BCUT2D eigenvalue weighted by Gasteiger charge is 2.23. The van der Waals surface area contributed by atoms with Crippen molar-refractivity contribution in [2.24, 2.45) is 5.92 Å². The molecule has 0 N–H and O–H groups in total. The number of esters is 1. The molecule has 0 spiro atoms. The number of hydrogen-bond acceptors (Lipinski definition) is 5. The second-order valence-corrected chi connectivity index (χ2v) is 8.69. The van der Waals surface area contributed by atoms with Gasteiger partial charge in [-0.2, -0.15) is 0 Å². The number of carbonyl (C=O) groups excluding carboxylic acids is 1. The van der Waals surface area contributed by atoms with Gasteiger partial charge in [-0.25, -0.2) is 4.98 Å². The van der Waals surface area contributed by atoms with E-state index in [2.05, 4.69) is 11.9 Å². The molecule has 146 valence electrons. The third-order valence-corrected chi connectivity index (χ3v) is 6.34. The van der Waals surface area contributed by atoms with Crippen molar-refractivity contribution in [3.05, 3.63) is 51.3 Å². The molecular formula is C21H21ClN2O3S. The molecule has 2 aromatic heterocycles. The predicted octanol–water partition coefficient (Wildman–Crippen LogP) is 4.90. The zero-order valence-corrected chi connectivity index (χ0v) is 17.1. The lowest BCUT2D eigenvalue weighted by Gasteiger charge is -2.26. The number of fused-ring (bicyclic) bond motifs is 1. The van der Waals surface area contributed by atoms with Crippen LogP contribution in [0.2, 0.25) is 5.02 Å². The maximum atomic E-state index is 13.0. The lowest BCUT2D eigenvalue weighted by atomic mass is 9.89. The van der Waals surface area contributed by atoms with E-state index in [1.165, 1.54) is 28.7 Å². The zero-order valence-electron chi connectivity index (χ0n) is 15.6. The lowest BCUT2D eigenvalue weighted by Crippen LogP contribution is -2.30. The number of carbonyl (C=O) groups is 1. The molecular weight excluding hydrogens is 396 g/mol. The Morgan fingerprint density at radius 3 is 2.86 bits per heavy atom. The lowest BCUT2D eigenvalue weighted by molar-refractivity contribution is -0.152. The Morgan fingerprint density at radius 1 is 1.32 bits per heavy atom. The van der Waals surface area contributed by atoms with E-state index >= 15 is 0 Å². The normalized spacial score (nSPS) is 19.6. The van der Waals surface area contributed by atoms with Crippen LogP contribution >= 0.6 is 22.9 Å². The fourth-order valence-corrected chi connectivity index (χ4v) is 4.80. The fourth-order valence-electron chi connectivity index (χ4n) is 3.77. The highest BCUT2D eigenvalue weighted by Crippen LogP contribution is 2.31. The molecule has 0 unspecified atom stereocenters. The van der Waals surface area contributed by atoms with Crippen molar-refractivity contribution in [1.29, 1.82) is 0 Å². The van der Waals surface area contributed by atoms with Crippen molar-refractivity contribution in [1.82, 2.24) is 9.55 Å². The molecule has 1 aliphatic carbocycles. The van der Waals surface area contributed by atoms with Crippen LogP contribution in [0.5, 0.6) is 0 Å². The van der Waals surface area contributed by atoms with Crippen LogP contribution in [0.25, 0.3) is 21.3 Å². The Balaban J connectivity index is 1.59. The largest absolute Gasteiger partial charge is 0.461 e. The van der Waals surface area contributed by atoms with Gasteiger partial charge in [0, 0.05) is 16.0 Å². The molecule has 4 rings (SSSR count). The molecule has 1 aliphatic rings. The highest BCUT2D eigenvalue weighted by atomic mass is 35.5. The second kappa shape index (κ2) is 8.05. The molecule has 0 amide bonds. The Labute approximate surface area is 171 Å². The fraction of sp³-hybridized carbons (Fsp3) is 0.381. The molecule has 0 saturated heterocycles. The minimum Gasteiger partial charge on any atom is -0.461 e. The first-order valence-corrected chi connectivity index (χ1v) is 10.7. The summed E-state index contributed by atoms with van der Waals surface area (Å²) in [5, 5.41) is 3.07. The molecule has 0 bridgehead atoms. The van der Waals surface area contributed by atoms with Crippen molar-refractivity contribution in [2.75, 3.05) is 0 Å². The molecule has 28 heavy (non-hydrogen) atoms. The minimum absolute atomic E-state index is 0.0468. The van der Waals surface area contributed by atoms with Crippen molar-refractivity contribution in [3.63, 3.8) is 0 Å². The molecule has 1 saturated carbocycles. The van der Waals surface area contributed by atoms with Crippen molar-refractivity contribution < 1.29 is 9.53 Å². The summed E-state index contributed by atoms with van der Waals surface area (Å²) in [5.74, 6) is 0.186. The van der Waals surface area contributed by atoms with Crippen molar-refractivity contribution >= 4 is 39.1 Å². The number of ether oxygens (including phenoxy) is 1. The first kappa shape index (κ1) is 19.2. The van der Waals surface area contributed by atoms with Crippen LogP contribution in [0.1, 0.15) is 32.6 Å². The van der Waals surface area contributed by atoms with Crippen molar-refractivity contribution in [2.45, 2.75) is 45.3 Å². The maximum absolute atomic E-state index is 13.0. The first-order chi connectivity index (χ1) is 13.5. The number of hydrogen-bond donors (Lipinski definition) is 0. The Kier molecular flexibility index (Phi) is 5.51. The molecule has 1 fully saturated rings. The summed E-state index contributed by atoms with van der Waals surface area (Å²) >= 11 is 7.38. The standard InChI is InChI=1S/C21H21ClN2O3S/c1-13-3-2-4-16(9-13)27-18(25)10-24-12-23-20-19(21(24)26)17(11-28-20)14-5-7-15(22)8-6-14/h5-8,11-13,16H,2-4,9-10H2,1H3/t13-,16-/m1/s1. The molecule has 1 aromatic carbocycles. The summed E-state index contributed by atoms with van der Waals surface area (Å²) in [5.41, 5.74) is 1.47. The number of halogens is 1. The van der Waals surface area contributed by atoms with Gasteiger partial charge in [0.2, 0.25) is 0 Å². The molecule has 5 nitrogen and oxygen atoms in total. The number of benzene rings is 1. The molecule has 0 radical (unpaired) electrons. The van der Waals surface area contributed by atoms with Gasteiger partial charge in [0.25, 0.3) is 5.56 Å². The molecule has 2 heterocycles. The van der Waals surface area contributed by atoms with Gasteiger partial charge in [-0.05, 0) is 42.9 Å². The van der Waals surface area contributed by atoms with Crippen LogP contribution < -0.4 is 5.56 Å². The van der Waals surface area contributed by atoms with Gasteiger partial charge in [-0.15, -0.1) is 11.3 Å². The van der Waals surface area contributed by atoms with E-state index in [9.17, 15) is 9.59 Å². The van der Waals surface area contributed by atoms with E-state index in [1.54, 1.807) is 12.1 Å². The molecule has 3 aromatic rings. The first-order valence-electron chi connectivity index (χ1n) is 9.43. The Morgan fingerprint density at radius 2 is 2.11 bits per heavy atom. The van der Waals surface area contributed by atoms with E-state index in [0.717, 1.165) is 30.4 Å². The SMILES string of the molecule is C[C@@H]1CCC[C@@H](OC(=O)Cn2cnc3scc(-c4ccc(Cl)cc4)c3c2=O)C1. The highest BCUT2D eigenvalue weighted by molar-refractivity contribution is 7.17. The summed E-state index contributed by atoms with van der Waals surface area (Å²) in [6.45, 7) is 2.06. The predicted molar refractivity (Wildman–Crippen MR) is 112 cm³/mol. The van der Waals surface area contributed by atoms with Gasteiger partial charge < -0.3 is 4.74 Å². The van der Waals surface area contributed by atoms with E-state index in [-0.39, 0.29) is 24.2 Å². The topological polar surface area (TPSA) is 61.2 Å². The van der Waals surface area contributed by atoms with Crippen LogP contribution in [0, 0.1) is 5.92 Å². The smallest absolute Gasteiger partial charge is 0.326 e. The van der Waals surface area contributed by atoms with Gasteiger partial charge in [0.15, 0.2) is 0 Å². The van der Waals surface area contributed by atoms with E-state index < -0.39 is 0 Å². The third-order valence-electron chi connectivity index (χ3n) is 5.20. The number of thiophene rings is 1. The van der Waals surface area contributed by atoms with Crippen LogP contribution in [-0.4, -0.2) is 21.6 Å². The number of rotatable bonds is 4. The Bertz CT molecular complexity index is 1060. The number of nitrogens with zero attached hydrogens (tertiary/aromatic N) is 2. The molecule has 0 aliphatic heterocycles. The van der Waals surface area contributed by atoms with Gasteiger partial charge in [0.05, 0.1) is 11.7 Å². The average Bonchev–Trinajstić information content (AvgIpc) is 3.09. The number of aromatic nitrogens is 2. The second-order valence-electron chi connectivity index (χ2n) is 7.40. The van der Waals surface area contributed by atoms with E-state index in [0.29, 0.717) is 21.2 Å². The van der Waals surface area contributed by atoms with Gasteiger partial charge in [-0.1, -0.05) is 37.1 Å². The van der Waals surface area contributed by atoms with Gasteiger partial charge >= 0.3 is 5.97 Å². The van der Waals surface area contributed by atoms with Crippen LogP contribution in [0.4, 0.5) is 0 Å². The zero-order chi connectivity index (χ0) is 19.7. The summed E-state index contributed by atoms with van der Waals surface area (Å²) in [6, 6.07) is 7.33.